The van der Waals surface area contributed by atoms with Crippen molar-refractivity contribution in [3.05, 3.63) is 51.6 Å². The Balaban J connectivity index is 2.31. The third kappa shape index (κ3) is 3.38. The topological polar surface area (TPSA) is 74.0 Å². The Kier molecular flexibility index (Phi) is 4.39. The second-order valence-corrected chi connectivity index (χ2v) is 4.67. The van der Waals surface area contributed by atoms with Gasteiger partial charge in [0.15, 0.2) is 0 Å². The van der Waals surface area contributed by atoms with E-state index in [0.717, 1.165) is 5.57 Å². The average molecular weight is 313 g/mol. The summed E-state index contributed by atoms with van der Waals surface area (Å²) < 4.78 is 37.9. The van der Waals surface area contributed by atoms with Gasteiger partial charge in [-0.1, -0.05) is 6.92 Å². The maximum absolute atomic E-state index is 12.6. The minimum atomic E-state index is -4.60. The van der Waals surface area contributed by atoms with Gasteiger partial charge in [-0.2, -0.15) is 13.2 Å². The molecule has 0 saturated carbocycles. The van der Waals surface area contributed by atoms with E-state index in [1.807, 2.05) is 11.9 Å². The molecule has 0 saturated heterocycles. The molecule has 2 heterocycles. The maximum Gasteiger partial charge on any atom is 0.417 e. The molecule has 0 fully saturated rings. The smallest absolute Gasteiger partial charge is 0.387 e. The highest BCUT2D eigenvalue weighted by Gasteiger charge is 2.31. The molecular weight excluding hydrogens is 299 g/mol. The van der Waals surface area contributed by atoms with Gasteiger partial charge in [0.2, 0.25) is 0 Å². The number of H-pyrrole nitrogens is 1. The number of pyridine rings is 1. The number of nitrogens with one attached hydrogen (secondary N) is 3. The van der Waals surface area contributed by atoms with Gasteiger partial charge >= 0.3 is 6.18 Å². The summed E-state index contributed by atoms with van der Waals surface area (Å²) in [5.41, 5.74) is -1.11. The molecule has 1 aliphatic rings. The summed E-state index contributed by atoms with van der Waals surface area (Å²) in [6.07, 6.45) is -0.325. The second-order valence-electron chi connectivity index (χ2n) is 4.67. The molecule has 0 spiro atoms. The van der Waals surface area contributed by atoms with Crippen LogP contribution >= 0.6 is 0 Å². The van der Waals surface area contributed by atoms with Gasteiger partial charge in [0.1, 0.15) is 5.69 Å². The van der Waals surface area contributed by atoms with Crippen LogP contribution in [0.1, 0.15) is 18.9 Å². The monoisotopic (exact) mass is 313 g/mol. The number of rotatable bonds is 3. The molecule has 3 N–H and O–H groups in total. The van der Waals surface area contributed by atoms with Crippen LogP contribution in [0, 0.1) is 0 Å². The summed E-state index contributed by atoms with van der Waals surface area (Å²) in [6.45, 7) is 2.34. The molecule has 1 amide bonds. The van der Waals surface area contributed by atoms with Crippen LogP contribution < -0.4 is 16.2 Å². The molecule has 1 aromatic heterocycles. The maximum atomic E-state index is 12.6. The van der Waals surface area contributed by atoms with Crippen molar-refractivity contribution >= 4 is 11.6 Å². The molecule has 1 aliphatic heterocycles. The van der Waals surface area contributed by atoms with Crippen LogP contribution in [-0.4, -0.2) is 17.4 Å². The van der Waals surface area contributed by atoms with E-state index in [-0.39, 0.29) is 0 Å². The first-order valence-corrected chi connectivity index (χ1v) is 6.56. The van der Waals surface area contributed by atoms with E-state index in [2.05, 4.69) is 10.6 Å². The number of alkyl halides is 3. The first-order valence-electron chi connectivity index (χ1n) is 6.56. The van der Waals surface area contributed by atoms with E-state index in [1.165, 1.54) is 6.08 Å². The van der Waals surface area contributed by atoms with Crippen LogP contribution in [0.3, 0.4) is 0 Å². The first kappa shape index (κ1) is 15.9. The zero-order chi connectivity index (χ0) is 16.3. The largest absolute Gasteiger partial charge is 0.417 e. The van der Waals surface area contributed by atoms with Crippen molar-refractivity contribution in [2.45, 2.75) is 19.5 Å². The second kappa shape index (κ2) is 6.08. The van der Waals surface area contributed by atoms with Crippen molar-refractivity contribution in [1.82, 2.24) is 10.3 Å². The number of hydrogen-bond acceptors (Lipinski definition) is 3. The Morgan fingerprint density at radius 3 is 2.77 bits per heavy atom. The number of amides is 1. The van der Waals surface area contributed by atoms with Gasteiger partial charge in [-0.05, 0) is 30.3 Å². The number of carbonyl (C=O) groups is 1. The van der Waals surface area contributed by atoms with E-state index in [4.69, 9.17) is 0 Å². The highest BCUT2D eigenvalue weighted by Crippen LogP contribution is 2.29. The quantitative estimate of drug-likeness (QED) is 0.800. The molecule has 0 radical (unpaired) electrons. The molecule has 0 atom stereocenters. The lowest BCUT2D eigenvalue weighted by Crippen LogP contribution is -2.26. The molecule has 118 valence electrons. The van der Waals surface area contributed by atoms with Gasteiger partial charge in [0.25, 0.3) is 11.5 Å². The van der Waals surface area contributed by atoms with Gasteiger partial charge < -0.3 is 15.6 Å². The molecule has 1 aromatic rings. The van der Waals surface area contributed by atoms with Crippen molar-refractivity contribution in [3.63, 3.8) is 0 Å². The molecule has 0 unspecified atom stereocenters. The lowest BCUT2D eigenvalue weighted by atomic mass is 10.0. The zero-order valence-electron chi connectivity index (χ0n) is 11.7. The fourth-order valence-electron chi connectivity index (χ4n) is 2.02. The molecule has 0 aromatic carbocycles. The van der Waals surface area contributed by atoms with Crippen LogP contribution in [0.5, 0.6) is 0 Å². The summed E-state index contributed by atoms with van der Waals surface area (Å²) >= 11 is 0. The number of hydrogen-bond donors (Lipinski definition) is 3. The van der Waals surface area contributed by atoms with E-state index in [0.29, 0.717) is 30.8 Å². The first-order chi connectivity index (χ1) is 10.3. The SMILES string of the molecule is CCC1=C(C(=O)Nc2cc(C(F)(F)F)c[nH]c2=O)C=CNC1. The Morgan fingerprint density at radius 2 is 2.14 bits per heavy atom. The third-order valence-electron chi connectivity index (χ3n) is 3.21. The van der Waals surface area contributed by atoms with Gasteiger partial charge in [0.05, 0.1) is 5.56 Å². The minimum Gasteiger partial charge on any atom is -0.387 e. The Morgan fingerprint density at radius 1 is 1.41 bits per heavy atom. The number of carbonyl (C=O) groups excluding carboxylic acids is 1. The van der Waals surface area contributed by atoms with Crippen LogP contribution in [0.2, 0.25) is 0 Å². The third-order valence-corrected chi connectivity index (χ3v) is 3.21. The molecular formula is C14H14F3N3O2. The van der Waals surface area contributed by atoms with Crippen molar-refractivity contribution < 1.29 is 18.0 Å². The van der Waals surface area contributed by atoms with Crippen molar-refractivity contribution in [2.24, 2.45) is 0 Å². The zero-order valence-corrected chi connectivity index (χ0v) is 11.7. The Labute approximate surface area is 123 Å². The van der Waals surface area contributed by atoms with Crippen LogP contribution in [0.15, 0.2) is 40.5 Å². The minimum absolute atomic E-state index is 0.345. The van der Waals surface area contributed by atoms with Gasteiger partial charge in [-0.15, -0.1) is 0 Å². The summed E-state index contributed by atoms with van der Waals surface area (Å²) in [6, 6.07) is 0.619. The van der Waals surface area contributed by atoms with Crippen LogP contribution in [0.4, 0.5) is 18.9 Å². The molecule has 5 nitrogen and oxygen atoms in total. The average Bonchev–Trinajstić information content (AvgIpc) is 2.48. The molecule has 0 bridgehead atoms. The molecule has 2 rings (SSSR count). The highest BCUT2D eigenvalue weighted by atomic mass is 19.4. The van der Waals surface area contributed by atoms with E-state index < -0.39 is 28.9 Å². The summed E-state index contributed by atoms with van der Waals surface area (Å²) in [4.78, 5) is 25.7. The van der Waals surface area contributed by atoms with Crippen LogP contribution in [-0.2, 0) is 11.0 Å². The molecule has 22 heavy (non-hydrogen) atoms. The predicted molar refractivity (Wildman–Crippen MR) is 75.2 cm³/mol. The number of aromatic amines is 1. The van der Waals surface area contributed by atoms with Gasteiger partial charge in [0, 0.05) is 18.3 Å². The summed E-state index contributed by atoms with van der Waals surface area (Å²) in [5, 5.41) is 5.18. The summed E-state index contributed by atoms with van der Waals surface area (Å²) in [5.74, 6) is -0.612. The lowest BCUT2D eigenvalue weighted by molar-refractivity contribution is -0.137. The fraction of sp³-hybridized carbons (Fsp3) is 0.286. The van der Waals surface area contributed by atoms with Crippen molar-refractivity contribution in [3.8, 4) is 0 Å². The normalized spacial score (nSPS) is 14.7. The van der Waals surface area contributed by atoms with Crippen molar-refractivity contribution in [2.75, 3.05) is 11.9 Å². The molecule has 8 heteroatoms. The highest BCUT2D eigenvalue weighted by molar-refractivity contribution is 6.06. The summed E-state index contributed by atoms with van der Waals surface area (Å²) in [7, 11) is 0. The number of dihydropyridines is 1. The number of halogens is 3. The lowest BCUT2D eigenvalue weighted by Gasteiger charge is -2.16. The molecule has 0 aliphatic carbocycles. The van der Waals surface area contributed by atoms with Crippen LogP contribution in [0.25, 0.3) is 0 Å². The van der Waals surface area contributed by atoms with Gasteiger partial charge in [-0.25, -0.2) is 0 Å². The fourth-order valence-corrected chi connectivity index (χ4v) is 2.02. The van der Waals surface area contributed by atoms with Crippen molar-refractivity contribution in [1.29, 1.82) is 0 Å². The van der Waals surface area contributed by atoms with E-state index in [1.54, 1.807) is 6.20 Å². The van der Waals surface area contributed by atoms with Gasteiger partial charge in [-0.3, -0.25) is 9.59 Å². The van der Waals surface area contributed by atoms with E-state index >= 15 is 0 Å². The Bertz CT molecular complexity index is 702. The Hall–Kier alpha value is -2.51. The predicted octanol–water partition coefficient (Wildman–Crippen LogP) is 2.16. The standard InChI is InChI=1S/C14H14F3N3O2/c1-2-8-6-18-4-3-10(8)12(21)20-11-5-9(14(15,16)17)7-19-13(11)22/h3-5,7,18H,2,6H2,1H3,(H,19,22)(H,20,21). The number of anilines is 1. The van der Waals surface area contributed by atoms with E-state index in [9.17, 15) is 22.8 Å². The number of aromatic nitrogens is 1.